The Labute approximate surface area is 191 Å². The summed E-state index contributed by atoms with van der Waals surface area (Å²) in [6.45, 7) is 5.94. The molecule has 1 aromatic carbocycles. The molecule has 176 valence electrons. The fraction of sp³-hybridized carbons (Fsp3) is 0.391. The summed E-state index contributed by atoms with van der Waals surface area (Å²) in [5.41, 5.74) is 1.01. The van der Waals surface area contributed by atoms with Crippen LogP contribution in [-0.2, 0) is 10.0 Å². The molecule has 2 aromatic heterocycles. The molecular weight excluding hydrogens is 450 g/mol. The molecule has 1 aliphatic heterocycles. The Morgan fingerprint density at radius 1 is 1.21 bits per heavy atom. The van der Waals surface area contributed by atoms with Gasteiger partial charge in [-0.15, -0.1) is 0 Å². The van der Waals surface area contributed by atoms with Gasteiger partial charge in [0.1, 0.15) is 11.6 Å². The van der Waals surface area contributed by atoms with E-state index in [4.69, 9.17) is 0 Å². The molecule has 3 heterocycles. The number of sulfonamides is 1. The maximum Gasteiger partial charge on any atom is 0.268 e. The molecule has 1 amide bonds. The molecule has 33 heavy (non-hydrogen) atoms. The minimum atomic E-state index is -3.84. The van der Waals surface area contributed by atoms with E-state index in [0.29, 0.717) is 24.2 Å². The van der Waals surface area contributed by atoms with Gasteiger partial charge in [0, 0.05) is 24.0 Å². The lowest BCUT2D eigenvalue weighted by Gasteiger charge is -2.27. The van der Waals surface area contributed by atoms with Gasteiger partial charge in [-0.3, -0.25) is 4.79 Å². The number of rotatable bonds is 5. The van der Waals surface area contributed by atoms with Crippen molar-refractivity contribution in [2.24, 2.45) is 5.41 Å². The van der Waals surface area contributed by atoms with Crippen LogP contribution in [0.2, 0.25) is 0 Å². The van der Waals surface area contributed by atoms with Gasteiger partial charge in [0.15, 0.2) is 0 Å². The van der Waals surface area contributed by atoms with Crippen LogP contribution in [0.3, 0.4) is 0 Å². The molecule has 0 spiro atoms. The van der Waals surface area contributed by atoms with Crippen LogP contribution in [0, 0.1) is 17.0 Å². The monoisotopic (exact) mass is 476 g/mol. The van der Waals surface area contributed by atoms with Gasteiger partial charge >= 0.3 is 0 Å². The van der Waals surface area contributed by atoms with Gasteiger partial charge in [-0.1, -0.05) is 20.8 Å². The van der Waals surface area contributed by atoms with E-state index in [1.54, 1.807) is 39.1 Å². The summed E-state index contributed by atoms with van der Waals surface area (Å²) in [4.78, 5) is 14.7. The van der Waals surface area contributed by atoms with Gasteiger partial charge in [-0.2, -0.15) is 5.10 Å². The number of nitrogens with zero attached hydrogens (tertiary/aromatic N) is 3. The number of anilines is 1. The van der Waals surface area contributed by atoms with Crippen molar-refractivity contribution in [2.45, 2.75) is 39.7 Å². The van der Waals surface area contributed by atoms with Crippen molar-refractivity contribution in [2.75, 3.05) is 17.2 Å². The second kappa shape index (κ2) is 8.40. The topological polar surface area (TPSA) is 83.8 Å². The van der Waals surface area contributed by atoms with Crippen LogP contribution in [-0.4, -0.2) is 36.2 Å². The summed E-state index contributed by atoms with van der Waals surface area (Å²) < 4.78 is 56.6. The third kappa shape index (κ3) is 5.00. The number of halogens is 2. The lowest BCUT2D eigenvalue weighted by atomic mass is 10.0. The highest BCUT2D eigenvalue weighted by Gasteiger charge is 2.30. The Hall–Kier alpha value is -3.01. The molecule has 3 aromatic rings. The first-order valence-electron chi connectivity index (χ1n) is 10.7. The first-order valence-corrected chi connectivity index (χ1v) is 12.3. The van der Waals surface area contributed by atoms with Gasteiger partial charge in [-0.05, 0) is 48.6 Å². The molecule has 4 rings (SSSR count). The molecule has 1 atom stereocenters. The van der Waals surface area contributed by atoms with E-state index in [1.807, 2.05) is 4.90 Å². The normalized spacial score (nSPS) is 17.0. The van der Waals surface area contributed by atoms with Gasteiger partial charge in [0.05, 0.1) is 29.1 Å². The third-order valence-corrected chi connectivity index (χ3v) is 7.26. The molecule has 1 aliphatic rings. The molecule has 0 radical (unpaired) electrons. The summed E-state index contributed by atoms with van der Waals surface area (Å²) in [5.74, 6) is -1.94. The Morgan fingerprint density at radius 2 is 1.97 bits per heavy atom. The standard InChI is InChI=1S/C23H26F2N4O3S/c1-23(2,3)14-33(31,32)27-22(30)18-13-26-29-10-8-16(12-21(18)29)28-9-4-5-20(28)17-11-15(24)6-7-19(17)25/h6-8,10-13,20H,4-5,9,14H2,1-3H3,(H,27,30). The SMILES string of the molecule is CC(C)(C)CS(=O)(=O)NC(=O)c1cnn2ccc(N3CCCC3c3cc(F)ccc3F)cc12. The molecule has 1 fully saturated rings. The smallest absolute Gasteiger partial charge is 0.268 e. The van der Waals surface area contributed by atoms with E-state index < -0.39 is 33.0 Å². The maximum absolute atomic E-state index is 14.4. The zero-order valence-corrected chi connectivity index (χ0v) is 19.5. The van der Waals surface area contributed by atoms with Crippen molar-refractivity contribution in [3.63, 3.8) is 0 Å². The van der Waals surface area contributed by atoms with Crippen LogP contribution >= 0.6 is 0 Å². The second-order valence-corrected chi connectivity index (χ2v) is 11.3. The molecule has 1 N–H and O–H groups in total. The van der Waals surface area contributed by atoms with E-state index in [2.05, 4.69) is 9.82 Å². The van der Waals surface area contributed by atoms with Crippen LogP contribution < -0.4 is 9.62 Å². The van der Waals surface area contributed by atoms with Crippen LogP contribution in [0.4, 0.5) is 14.5 Å². The maximum atomic E-state index is 14.4. The van der Waals surface area contributed by atoms with Crippen molar-refractivity contribution in [3.05, 3.63) is 65.5 Å². The van der Waals surface area contributed by atoms with E-state index in [9.17, 15) is 22.0 Å². The summed E-state index contributed by atoms with van der Waals surface area (Å²) in [7, 11) is -3.84. The van der Waals surface area contributed by atoms with Crippen LogP contribution in [0.15, 0.2) is 42.7 Å². The number of carbonyl (C=O) groups excluding carboxylic acids is 1. The van der Waals surface area contributed by atoms with Gasteiger partial charge in [-0.25, -0.2) is 26.4 Å². The van der Waals surface area contributed by atoms with Crippen LogP contribution in [0.5, 0.6) is 0 Å². The van der Waals surface area contributed by atoms with Crippen LogP contribution in [0.1, 0.15) is 55.6 Å². The minimum absolute atomic E-state index is 0.113. The van der Waals surface area contributed by atoms with E-state index >= 15 is 0 Å². The van der Waals surface area contributed by atoms with Gasteiger partial charge in [0.25, 0.3) is 5.91 Å². The molecule has 10 heteroatoms. The highest BCUT2D eigenvalue weighted by Crippen LogP contribution is 2.38. The van der Waals surface area contributed by atoms with E-state index in [0.717, 1.165) is 18.6 Å². The quantitative estimate of drug-likeness (QED) is 0.601. The van der Waals surface area contributed by atoms with Crippen LogP contribution in [0.25, 0.3) is 5.52 Å². The largest absolute Gasteiger partial charge is 0.364 e. The van der Waals surface area contributed by atoms with Gasteiger partial charge in [0.2, 0.25) is 10.0 Å². The van der Waals surface area contributed by atoms with E-state index in [1.165, 1.54) is 16.8 Å². The second-order valence-electron chi connectivity index (χ2n) is 9.54. The Bertz CT molecular complexity index is 1310. The summed E-state index contributed by atoms with van der Waals surface area (Å²) in [6, 6.07) is 6.59. The van der Waals surface area contributed by atoms with Crippen molar-refractivity contribution in [1.82, 2.24) is 14.3 Å². The molecule has 0 saturated carbocycles. The number of pyridine rings is 1. The predicted octanol–water partition coefficient (Wildman–Crippen LogP) is 4.06. The average Bonchev–Trinajstić information content (AvgIpc) is 3.33. The number of hydrogen-bond acceptors (Lipinski definition) is 5. The molecule has 0 bridgehead atoms. The Morgan fingerprint density at radius 3 is 2.70 bits per heavy atom. The zero-order chi connectivity index (χ0) is 24.0. The first kappa shape index (κ1) is 23.2. The number of aromatic nitrogens is 2. The summed E-state index contributed by atoms with van der Waals surface area (Å²) in [6.07, 6.45) is 4.42. The fourth-order valence-electron chi connectivity index (χ4n) is 4.29. The Kier molecular flexibility index (Phi) is 5.90. The molecule has 1 unspecified atom stereocenters. The molecule has 0 aliphatic carbocycles. The summed E-state index contributed by atoms with van der Waals surface area (Å²) in [5, 5.41) is 4.15. The molecule has 1 saturated heterocycles. The van der Waals surface area contributed by atoms with Gasteiger partial charge < -0.3 is 4.90 Å². The van der Waals surface area contributed by atoms with Crippen molar-refractivity contribution in [3.8, 4) is 0 Å². The minimum Gasteiger partial charge on any atom is -0.364 e. The average molecular weight is 477 g/mol. The molecule has 7 nitrogen and oxygen atoms in total. The van der Waals surface area contributed by atoms with Crippen molar-refractivity contribution in [1.29, 1.82) is 0 Å². The number of nitrogens with one attached hydrogen (secondary N) is 1. The number of hydrogen-bond donors (Lipinski definition) is 1. The van der Waals surface area contributed by atoms with Crippen molar-refractivity contribution < 1.29 is 22.0 Å². The highest BCUT2D eigenvalue weighted by molar-refractivity contribution is 7.90. The number of amides is 1. The lowest BCUT2D eigenvalue weighted by molar-refractivity contribution is 0.0983. The predicted molar refractivity (Wildman–Crippen MR) is 122 cm³/mol. The fourth-order valence-corrected chi connectivity index (χ4v) is 5.90. The third-order valence-electron chi connectivity index (χ3n) is 5.52. The number of benzene rings is 1. The highest BCUT2D eigenvalue weighted by atomic mass is 32.2. The zero-order valence-electron chi connectivity index (χ0n) is 18.7. The molecular formula is C23H26F2N4O3S. The lowest BCUT2D eigenvalue weighted by Crippen LogP contribution is -2.36. The Balaban J connectivity index is 1.65. The summed E-state index contributed by atoms with van der Waals surface area (Å²) >= 11 is 0. The van der Waals surface area contributed by atoms with Crippen molar-refractivity contribution >= 4 is 27.1 Å². The number of fused-ring (bicyclic) bond motifs is 1. The van der Waals surface area contributed by atoms with E-state index in [-0.39, 0.29) is 22.9 Å². The first-order chi connectivity index (χ1) is 15.4. The number of carbonyl (C=O) groups is 1.